The summed E-state index contributed by atoms with van der Waals surface area (Å²) in [5, 5.41) is 0. The molecule has 1 rings (SSSR count). The number of benzene rings is 1. The van der Waals surface area contributed by atoms with Gasteiger partial charge >= 0.3 is 0 Å². The van der Waals surface area contributed by atoms with Crippen LogP contribution in [0.4, 0.5) is 0 Å². The Hall–Kier alpha value is -1.33. The van der Waals surface area contributed by atoms with Gasteiger partial charge in [0.15, 0.2) is 0 Å². The predicted octanol–water partition coefficient (Wildman–Crippen LogP) is 1.25. The molecule has 0 bridgehead atoms. The fraction of sp³-hybridized carbons (Fsp3) is 0.111. The molecule has 0 radical (unpaired) electrons. The molecule has 1 aromatic rings. The van der Waals surface area contributed by atoms with Crippen LogP contribution in [0.3, 0.4) is 0 Å². The third-order valence-corrected chi connectivity index (χ3v) is 1.90. The molecule has 0 aliphatic heterocycles. The van der Waals surface area contributed by atoms with Gasteiger partial charge in [-0.3, -0.25) is 0 Å². The van der Waals surface area contributed by atoms with Crippen molar-refractivity contribution in [2.75, 3.05) is 0 Å². The molecule has 14 heavy (non-hydrogen) atoms. The molecule has 0 aliphatic carbocycles. The molecule has 0 fully saturated rings. The third-order valence-electron chi connectivity index (χ3n) is 1.50. The summed E-state index contributed by atoms with van der Waals surface area (Å²) >= 11 is 0. The number of allylic oxidation sites excluding steroid dienone is 1. The van der Waals surface area contributed by atoms with E-state index in [9.17, 15) is 13.0 Å². The average Bonchev–Trinajstić information content (AvgIpc) is 2.06. The molecule has 0 N–H and O–H groups in total. The van der Waals surface area contributed by atoms with Crippen LogP contribution in [-0.2, 0) is 16.8 Å². The standard InChI is InChI=1S/C9H10O4S/c1-2-3-8-4-6-9(7-5-8)13-14(10,11)12/h2,4-7H,1,3H2,(H,10,11,12)/p-1. The molecular weight excluding hydrogens is 204 g/mol. The van der Waals surface area contributed by atoms with Crippen LogP contribution in [-0.4, -0.2) is 13.0 Å². The summed E-state index contributed by atoms with van der Waals surface area (Å²) in [4.78, 5) is 0. The quantitative estimate of drug-likeness (QED) is 0.429. The minimum Gasteiger partial charge on any atom is -0.716 e. The predicted molar refractivity (Wildman–Crippen MR) is 50.7 cm³/mol. The number of hydrogen-bond acceptors (Lipinski definition) is 4. The second-order valence-corrected chi connectivity index (χ2v) is 3.61. The summed E-state index contributed by atoms with van der Waals surface area (Å²) < 4.78 is 34.8. The second kappa shape index (κ2) is 4.26. The average molecular weight is 213 g/mol. The van der Waals surface area contributed by atoms with E-state index in [0.29, 0.717) is 6.42 Å². The Morgan fingerprint density at radius 1 is 1.36 bits per heavy atom. The van der Waals surface area contributed by atoms with E-state index in [0.717, 1.165) is 5.56 Å². The van der Waals surface area contributed by atoms with Crippen molar-refractivity contribution in [1.82, 2.24) is 0 Å². The highest BCUT2D eigenvalue weighted by Gasteiger charge is 1.98. The lowest BCUT2D eigenvalue weighted by Gasteiger charge is -2.08. The highest BCUT2D eigenvalue weighted by atomic mass is 32.3. The van der Waals surface area contributed by atoms with Crippen molar-refractivity contribution in [3.63, 3.8) is 0 Å². The lowest BCUT2D eigenvalue weighted by atomic mass is 10.1. The first kappa shape index (κ1) is 10.7. The molecule has 0 heterocycles. The van der Waals surface area contributed by atoms with Crippen LogP contribution in [0.2, 0.25) is 0 Å². The summed E-state index contributed by atoms with van der Waals surface area (Å²) in [7, 11) is -4.67. The van der Waals surface area contributed by atoms with Crippen molar-refractivity contribution >= 4 is 10.4 Å². The SMILES string of the molecule is C=CCc1ccc(OS(=O)(=O)[O-])cc1. The Balaban J connectivity index is 2.78. The van der Waals surface area contributed by atoms with Crippen LogP contribution < -0.4 is 4.18 Å². The Labute approximate surface area is 82.8 Å². The molecule has 0 aromatic heterocycles. The van der Waals surface area contributed by atoms with Gasteiger partial charge in [0, 0.05) is 0 Å². The minimum atomic E-state index is -4.67. The van der Waals surface area contributed by atoms with Gasteiger partial charge in [0.2, 0.25) is 0 Å². The lowest BCUT2D eigenvalue weighted by Crippen LogP contribution is -2.06. The summed E-state index contributed by atoms with van der Waals surface area (Å²) in [6.07, 6.45) is 2.41. The van der Waals surface area contributed by atoms with Crippen LogP contribution in [0.25, 0.3) is 0 Å². The zero-order chi connectivity index (χ0) is 10.6. The second-order valence-electron chi connectivity index (χ2n) is 2.63. The van der Waals surface area contributed by atoms with Crippen molar-refractivity contribution in [3.05, 3.63) is 42.5 Å². The van der Waals surface area contributed by atoms with Gasteiger partial charge in [0.1, 0.15) is 5.75 Å². The molecular formula is C9H9O4S-. The van der Waals surface area contributed by atoms with Crippen molar-refractivity contribution in [3.8, 4) is 5.75 Å². The summed E-state index contributed by atoms with van der Waals surface area (Å²) in [6.45, 7) is 3.56. The van der Waals surface area contributed by atoms with Gasteiger partial charge in [0.25, 0.3) is 10.4 Å². The summed E-state index contributed by atoms with van der Waals surface area (Å²) in [6, 6.07) is 6.19. The Bertz CT molecular complexity index is 405. The minimum absolute atomic E-state index is 0.0211. The maximum Gasteiger partial charge on any atom is 0.262 e. The van der Waals surface area contributed by atoms with Crippen LogP contribution in [0, 0.1) is 0 Å². The van der Waals surface area contributed by atoms with E-state index >= 15 is 0 Å². The maximum atomic E-state index is 10.2. The molecule has 0 aliphatic rings. The van der Waals surface area contributed by atoms with E-state index in [2.05, 4.69) is 10.8 Å². The fourth-order valence-corrected chi connectivity index (χ4v) is 1.31. The highest BCUT2D eigenvalue weighted by molar-refractivity contribution is 7.81. The lowest BCUT2D eigenvalue weighted by molar-refractivity contribution is 0.372. The first-order chi connectivity index (χ1) is 6.51. The first-order valence-electron chi connectivity index (χ1n) is 3.86. The third kappa shape index (κ3) is 3.59. The molecule has 1 aromatic carbocycles. The maximum absolute atomic E-state index is 10.2. The van der Waals surface area contributed by atoms with E-state index < -0.39 is 10.4 Å². The highest BCUT2D eigenvalue weighted by Crippen LogP contribution is 2.14. The molecule has 5 heteroatoms. The number of rotatable bonds is 4. The smallest absolute Gasteiger partial charge is 0.262 e. The van der Waals surface area contributed by atoms with Gasteiger partial charge in [-0.05, 0) is 24.1 Å². The molecule has 0 saturated heterocycles. The molecule has 0 unspecified atom stereocenters. The van der Waals surface area contributed by atoms with E-state index in [-0.39, 0.29) is 5.75 Å². The topological polar surface area (TPSA) is 66.4 Å². The van der Waals surface area contributed by atoms with Gasteiger partial charge in [-0.2, -0.15) is 0 Å². The summed E-state index contributed by atoms with van der Waals surface area (Å²) in [5.74, 6) is 0.0211. The largest absolute Gasteiger partial charge is 0.716 e. The molecule has 0 saturated carbocycles. The fourth-order valence-electron chi connectivity index (χ4n) is 0.966. The van der Waals surface area contributed by atoms with Crippen molar-refractivity contribution in [1.29, 1.82) is 0 Å². The van der Waals surface area contributed by atoms with Crippen molar-refractivity contribution < 1.29 is 17.2 Å². The van der Waals surface area contributed by atoms with E-state index in [1.54, 1.807) is 18.2 Å². The molecule has 0 atom stereocenters. The first-order valence-corrected chi connectivity index (χ1v) is 5.20. The Kier molecular flexibility index (Phi) is 3.27. The van der Waals surface area contributed by atoms with E-state index in [4.69, 9.17) is 0 Å². The van der Waals surface area contributed by atoms with E-state index in [1.807, 2.05) is 0 Å². The van der Waals surface area contributed by atoms with Gasteiger partial charge in [0.05, 0.1) is 0 Å². The zero-order valence-corrected chi connectivity index (χ0v) is 8.16. The number of hydrogen-bond donors (Lipinski definition) is 0. The van der Waals surface area contributed by atoms with E-state index in [1.165, 1.54) is 12.1 Å². The van der Waals surface area contributed by atoms with Crippen LogP contribution in [0.15, 0.2) is 36.9 Å². The van der Waals surface area contributed by atoms with Gasteiger partial charge in [-0.25, -0.2) is 8.42 Å². The van der Waals surface area contributed by atoms with Crippen molar-refractivity contribution in [2.45, 2.75) is 6.42 Å². The van der Waals surface area contributed by atoms with Crippen LogP contribution in [0.5, 0.6) is 5.75 Å². The molecule has 0 spiro atoms. The molecule has 76 valence electrons. The Morgan fingerprint density at radius 2 is 1.93 bits per heavy atom. The van der Waals surface area contributed by atoms with Gasteiger partial charge in [-0.15, -0.1) is 6.58 Å². The van der Waals surface area contributed by atoms with Crippen LogP contribution in [0.1, 0.15) is 5.56 Å². The normalized spacial score (nSPS) is 10.9. The van der Waals surface area contributed by atoms with Gasteiger partial charge in [-0.1, -0.05) is 18.2 Å². The Morgan fingerprint density at radius 3 is 2.36 bits per heavy atom. The van der Waals surface area contributed by atoms with Crippen molar-refractivity contribution in [2.24, 2.45) is 0 Å². The molecule has 4 nitrogen and oxygen atoms in total. The van der Waals surface area contributed by atoms with Gasteiger partial charge < -0.3 is 8.74 Å². The summed E-state index contributed by atoms with van der Waals surface area (Å²) in [5.41, 5.74) is 0.968. The monoisotopic (exact) mass is 213 g/mol. The zero-order valence-electron chi connectivity index (χ0n) is 7.34. The van der Waals surface area contributed by atoms with Crippen LogP contribution >= 0.6 is 0 Å². The molecule has 0 amide bonds.